The molecule has 0 rings (SSSR count). The monoisotopic (exact) mass is 188 g/mol. The first-order valence-corrected chi connectivity index (χ1v) is 0.866. The summed E-state index contributed by atoms with van der Waals surface area (Å²) in [5, 5.41) is 0. The van der Waals surface area contributed by atoms with E-state index in [4.69, 9.17) is 14.4 Å². The van der Waals surface area contributed by atoms with Crippen LogP contribution < -0.4 is 0 Å². The molecule has 0 saturated heterocycles. The molecular weight excluding hydrogens is 180 g/mol. The third-order valence-corrected chi connectivity index (χ3v) is 0. The van der Waals surface area contributed by atoms with Crippen molar-refractivity contribution in [2.24, 2.45) is 0 Å². The molecule has 0 saturated carbocycles. The van der Waals surface area contributed by atoms with Crippen molar-refractivity contribution < 1.29 is 35.4 Å². The summed E-state index contributed by atoms with van der Waals surface area (Å²) >= 11 is 0. The van der Waals surface area contributed by atoms with Gasteiger partial charge in [0.1, 0.15) is 20.4 Å². The fourth-order valence-corrected chi connectivity index (χ4v) is 0. The standard InChI is InChI=1S/3CH2O.Mo/c3*1-2;/h3*1H2;. The predicted octanol–water partition coefficient (Wildman–Crippen LogP) is -0.557. The molecule has 0 aromatic heterocycles. The molecule has 0 aromatic carbocycles. The van der Waals surface area contributed by atoms with Crippen LogP contribution >= 0.6 is 0 Å². The number of carbonyl (C=O) groups is 3. The van der Waals surface area contributed by atoms with E-state index in [1.165, 1.54) is 0 Å². The van der Waals surface area contributed by atoms with Gasteiger partial charge in [0, 0.05) is 21.1 Å². The maximum absolute atomic E-state index is 8.00. The fraction of sp³-hybridized carbons (Fsp3) is 0. The molecule has 0 aliphatic rings. The molecule has 0 aliphatic carbocycles. The van der Waals surface area contributed by atoms with E-state index >= 15 is 0 Å². The van der Waals surface area contributed by atoms with E-state index in [-0.39, 0.29) is 21.1 Å². The topological polar surface area (TPSA) is 51.2 Å². The summed E-state index contributed by atoms with van der Waals surface area (Å²) in [7, 11) is 0. The molecule has 4 heteroatoms. The van der Waals surface area contributed by atoms with E-state index < -0.39 is 0 Å². The van der Waals surface area contributed by atoms with Crippen molar-refractivity contribution >= 4 is 20.4 Å². The summed E-state index contributed by atoms with van der Waals surface area (Å²) < 4.78 is 0. The van der Waals surface area contributed by atoms with Gasteiger partial charge in [0.25, 0.3) is 0 Å². The molecule has 0 fully saturated rings. The molecule has 0 radical (unpaired) electrons. The molecular formula is C3H6MoO3. The maximum Gasteiger partial charge on any atom is 0.106 e. The third-order valence-electron chi connectivity index (χ3n) is 0. The Kier molecular flexibility index (Phi) is 5900. The molecule has 0 N–H and O–H groups in total. The summed E-state index contributed by atoms with van der Waals surface area (Å²) in [6.45, 7) is 6.00. The molecule has 7 heavy (non-hydrogen) atoms. The second-order valence-electron chi connectivity index (χ2n) is 0. The van der Waals surface area contributed by atoms with Crippen LogP contribution in [0.3, 0.4) is 0 Å². The van der Waals surface area contributed by atoms with Crippen LogP contribution in [0.4, 0.5) is 0 Å². The van der Waals surface area contributed by atoms with Gasteiger partial charge >= 0.3 is 0 Å². The van der Waals surface area contributed by atoms with Crippen LogP contribution in [0, 0.1) is 0 Å². The van der Waals surface area contributed by atoms with Crippen molar-refractivity contribution in [2.45, 2.75) is 0 Å². The first-order valence-electron chi connectivity index (χ1n) is 0.866. The zero-order valence-corrected chi connectivity index (χ0v) is 5.76. The van der Waals surface area contributed by atoms with E-state index in [0.717, 1.165) is 0 Å². The van der Waals surface area contributed by atoms with Crippen LogP contribution in [0.15, 0.2) is 0 Å². The zero-order valence-electron chi connectivity index (χ0n) is 3.75. The van der Waals surface area contributed by atoms with Crippen LogP contribution in [0.1, 0.15) is 0 Å². The Bertz CT molecular complexity index is 14.9. The molecule has 0 bridgehead atoms. The van der Waals surface area contributed by atoms with Crippen LogP contribution in [-0.2, 0) is 35.4 Å². The van der Waals surface area contributed by atoms with Gasteiger partial charge in [0.05, 0.1) is 0 Å². The Balaban J connectivity index is -0.00000000900. The first-order chi connectivity index (χ1) is 3.00. The second kappa shape index (κ2) is 1380. The van der Waals surface area contributed by atoms with Crippen molar-refractivity contribution in [2.75, 3.05) is 0 Å². The summed E-state index contributed by atoms with van der Waals surface area (Å²) in [5.74, 6) is 0. The molecule has 0 amide bonds. The van der Waals surface area contributed by atoms with E-state index in [1.807, 2.05) is 20.4 Å². The molecule has 3 nitrogen and oxygen atoms in total. The van der Waals surface area contributed by atoms with Crippen molar-refractivity contribution in [1.29, 1.82) is 0 Å². The molecule has 0 spiro atoms. The van der Waals surface area contributed by atoms with Gasteiger partial charge in [-0.25, -0.2) is 0 Å². The Morgan fingerprint density at radius 3 is 0.571 bits per heavy atom. The number of hydrogen-bond acceptors (Lipinski definition) is 3. The summed E-state index contributed by atoms with van der Waals surface area (Å²) in [5.41, 5.74) is 0. The molecule has 0 aromatic rings. The minimum absolute atomic E-state index is 0. The number of carbonyl (C=O) groups excluding carboxylic acids is 3. The predicted molar refractivity (Wildman–Crippen MR) is 21.4 cm³/mol. The summed E-state index contributed by atoms with van der Waals surface area (Å²) in [6.07, 6.45) is 0. The minimum Gasteiger partial charge on any atom is -0.307 e. The van der Waals surface area contributed by atoms with Crippen LogP contribution in [0.25, 0.3) is 0 Å². The van der Waals surface area contributed by atoms with E-state index in [9.17, 15) is 0 Å². The third kappa shape index (κ3) is 856. The SMILES string of the molecule is C=O.C=O.C=O.[Mo]. The fourth-order valence-electron chi connectivity index (χ4n) is 0. The minimum atomic E-state index is 0. The molecule has 0 heterocycles. The molecule has 0 atom stereocenters. The normalized spacial score (nSPS) is 1.71. The zero-order chi connectivity index (χ0) is 6.00. The van der Waals surface area contributed by atoms with E-state index in [0.29, 0.717) is 0 Å². The van der Waals surface area contributed by atoms with Gasteiger partial charge in [-0.2, -0.15) is 0 Å². The maximum atomic E-state index is 8.00. The van der Waals surface area contributed by atoms with Crippen molar-refractivity contribution in [3.8, 4) is 0 Å². The van der Waals surface area contributed by atoms with Crippen molar-refractivity contribution in [3.63, 3.8) is 0 Å². The van der Waals surface area contributed by atoms with E-state index in [2.05, 4.69) is 0 Å². The van der Waals surface area contributed by atoms with E-state index in [1.54, 1.807) is 0 Å². The molecule has 0 aliphatic heterocycles. The number of rotatable bonds is 0. The molecule has 0 unspecified atom stereocenters. The number of hydrogen-bond donors (Lipinski definition) is 0. The Labute approximate surface area is 56.4 Å². The van der Waals surface area contributed by atoms with Gasteiger partial charge in [-0.1, -0.05) is 0 Å². The van der Waals surface area contributed by atoms with Crippen LogP contribution in [0.2, 0.25) is 0 Å². The Hall–Kier alpha value is -0.302. The molecule has 42 valence electrons. The van der Waals surface area contributed by atoms with Gasteiger partial charge < -0.3 is 14.4 Å². The largest absolute Gasteiger partial charge is 0.307 e. The summed E-state index contributed by atoms with van der Waals surface area (Å²) in [6, 6.07) is 0. The average Bonchev–Trinajstić information content (AvgIpc) is 1.81. The summed E-state index contributed by atoms with van der Waals surface area (Å²) in [4.78, 5) is 24.0. The Morgan fingerprint density at radius 1 is 0.571 bits per heavy atom. The Morgan fingerprint density at radius 2 is 0.571 bits per heavy atom. The van der Waals surface area contributed by atoms with Crippen LogP contribution in [0.5, 0.6) is 0 Å². The first kappa shape index (κ1) is 29.9. The quantitative estimate of drug-likeness (QED) is 0.476. The van der Waals surface area contributed by atoms with Gasteiger partial charge in [-0.15, -0.1) is 0 Å². The smallest absolute Gasteiger partial charge is 0.106 e. The van der Waals surface area contributed by atoms with Gasteiger partial charge in [-0.3, -0.25) is 0 Å². The van der Waals surface area contributed by atoms with Crippen LogP contribution in [-0.4, -0.2) is 20.4 Å². The van der Waals surface area contributed by atoms with Crippen molar-refractivity contribution in [1.82, 2.24) is 0 Å². The second-order valence-corrected chi connectivity index (χ2v) is 0. The van der Waals surface area contributed by atoms with Gasteiger partial charge in [-0.05, 0) is 0 Å². The van der Waals surface area contributed by atoms with Crippen molar-refractivity contribution in [3.05, 3.63) is 0 Å². The van der Waals surface area contributed by atoms with Gasteiger partial charge in [0.15, 0.2) is 0 Å². The average molecular weight is 186 g/mol. The van der Waals surface area contributed by atoms with Gasteiger partial charge in [0.2, 0.25) is 0 Å².